The molecule has 0 aromatic carbocycles. The fourth-order valence-electron chi connectivity index (χ4n) is 4.02. The predicted octanol–water partition coefficient (Wildman–Crippen LogP) is 2.46. The molecule has 144 valence electrons. The molecule has 3 heterocycles. The van der Waals surface area contributed by atoms with Crippen LogP contribution in [0, 0.1) is 0 Å². The fraction of sp³-hybridized carbons (Fsp3) is 0.550. The van der Waals surface area contributed by atoms with Crippen LogP contribution < -0.4 is 0 Å². The van der Waals surface area contributed by atoms with E-state index < -0.39 is 5.60 Å². The highest BCUT2D eigenvalue weighted by molar-refractivity contribution is 5.77. The molecule has 4 rings (SSSR count). The summed E-state index contributed by atoms with van der Waals surface area (Å²) < 4.78 is 5.89. The van der Waals surface area contributed by atoms with Crippen molar-refractivity contribution in [2.24, 2.45) is 0 Å². The first-order valence-electron chi connectivity index (χ1n) is 9.71. The number of carbonyl (C=O) groups is 1. The molecular weight excluding hydrogens is 344 g/mol. The van der Waals surface area contributed by atoms with E-state index in [-0.39, 0.29) is 18.4 Å². The van der Waals surface area contributed by atoms with Gasteiger partial charge in [0.15, 0.2) is 0 Å². The van der Waals surface area contributed by atoms with Gasteiger partial charge >= 0.3 is 0 Å². The van der Waals surface area contributed by atoms with Crippen molar-refractivity contribution in [3.63, 3.8) is 0 Å². The number of rotatable bonds is 4. The number of amides is 1. The number of hydrogen-bond acceptors (Lipinski definition) is 5. The highest BCUT2D eigenvalue weighted by Crippen LogP contribution is 2.32. The quantitative estimate of drug-likeness (QED) is 0.863. The number of aromatic nitrogens is 3. The summed E-state index contributed by atoms with van der Waals surface area (Å²) in [4.78, 5) is 19.3. The standard InChI is InChI=1S/C20H26N4O3/c25-19(11-20(26)7-2-1-3-8-20)24-9-10-27-18(14-24)17-6-4-5-16(23-17)15-12-21-22-13-15/h4-6,12-13,18,26H,1-3,7-11,14H2,(H,21,22). The van der Waals surface area contributed by atoms with Gasteiger partial charge in [-0.15, -0.1) is 0 Å². The van der Waals surface area contributed by atoms with Gasteiger partial charge in [0.25, 0.3) is 0 Å². The first-order chi connectivity index (χ1) is 13.1. The van der Waals surface area contributed by atoms with E-state index in [2.05, 4.69) is 15.2 Å². The topological polar surface area (TPSA) is 91.3 Å². The molecule has 1 atom stereocenters. The van der Waals surface area contributed by atoms with Crippen LogP contribution in [-0.4, -0.2) is 56.4 Å². The highest BCUT2D eigenvalue weighted by Gasteiger charge is 2.35. The Bertz CT molecular complexity index is 771. The Labute approximate surface area is 158 Å². The predicted molar refractivity (Wildman–Crippen MR) is 99.7 cm³/mol. The first kappa shape index (κ1) is 18.1. The maximum Gasteiger partial charge on any atom is 0.225 e. The SMILES string of the molecule is O=C(CC1(O)CCCCC1)N1CCOC(c2cccc(-c3cn[nH]c3)n2)C1. The molecule has 2 N–H and O–H groups in total. The first-order valence-corrected chi connectivity index (χ1v) is 9.71. The number of H-pyrrole nitrogens is 1. The molecule has 1 aliphatic heterocycles. The molecule has 1 aliphatic carbocycles. The van der Waals surface area contributed by atoms with Crippen LogP contribution in [0.1, 0.15) is 50.3 Å². The van der Waals surface area contributed by atoms with Crippen LogP contribution in [0.4, 0.5) is 0 Å². The van der Waals surface area contributed by atoms with Crippen LogP contribution in [0.3, 0.4) is 0 Å². The number of aromatic amines is 1. The summed E-state index contributed by atoms with van der Waals surface area (Å²) in [6.07, 6.45) is 8.08. The summed E-state index contributed by atoms with van der Waals surface area (Å²) in [5.74, 6) is 0.0127. The largest absolute Gasteiger partial charge is 0.389 e. The van der Waals surface area contributed by atoms with Crippen molar-refractivity contribution in [2.75, 3.05) is 19.7 Å². The maximum atomic E-state index is 12.8. The molecule has 2 fully saturated rings. The van der Waals surface area contributed by atoms with E-state index >= 15 is 0 Å². The van der Waals surface area contributed by atoms with Gasteiger partial charge < -0.3 is 14.7 Å². The minimum Gasteiger partial charge on any atom is -0.389 e. The van der Waals surface area contributed by atoms with E-state index in [0.29, 0.717) is 19.7 Å². The Morgan fingerprint density at radius 1 is 1.33 bits per heavy atom. The van der Waals surface area contributed by atoms with Crippen LogP contribution in [-0.2, 0) is 9.53 Å². The summed E-state index contributed by atoms with van der Waals surface area (Å²) in [6.45, 7) is 1.51. The minimum atomic E-state index is -0.831. The number of ether oxygens (including phenoxy) is 1. The van der Waals surface area contributed by atoms with E-state index in [1.165, 1.54) is 0 Å². The molecule has 2 aromatic heterocycles. The van der Waals surface area contributed by atoms with Gasteiger partial charge in [-0.05, 0) is 25.0 Å². The summed E-state index contributed by atoms with van der Waals surface area (Å²) in [5, 5.41) is 17.5. The number of carbonyl (C=O) groups excluding carboxylic acids is 1. The van der Waals surface area contributed by atoms with Crippen molar-refractivity contribution in [1.82, 2.24) is 20.1 Å². The van der Waals surface area contributed by atoms with Gasteiger partial charge in [0.2, 0.25) is 5.91 Å². The molecule has 1 unspecified atom stereocenters. The van der Waals surface area contributed by atoms with Gasteiger partial charge in [0.05, 0.1) is 42.8 Å². The minimum absolute atomic E-state index is 0.0127. The molecular formula is C20H26N4O3. The third kappa shape index (κ3) is 4.20. The Hall–Kier alpha value is -2.25. The van der Waals surface area contributed by atoms with Gasteiger partial charge in [0, 0.05) is 18.3 Å². The Balaban J connectivity index is 1.43. The van der Waals surface area contributed by atoms with Crippen LogP contribution >= 0.6 is 0 Å². The normalized spacial score (nSPS) is 22.6. The molecule has 1 saturated carbocycles. The Kier molecular flexibility index (Phi) is 5.22. The van der Waals surface area contributed by atoms with E-state index in [1.807, 2.05) is 23.1 Å². The molecule has 0 bridgehead atoms. The average Bonchev–Trinajstić information content (AvgIpc) is 3.23. The summed E-state index contributed by atoms with van der Waals surface area (Å²) in [5.41, 5.74) is 1.72. The molecule has 1 saturated heterocycles. The van der Waals surface area contributed by atoms with Gasteiger partial charge in [-0.2, -0.15) is 5.10 Å². The smallest absolute Gasteiger partial charge is 0.225 e. The summed E-state index contributed by atoms with van der Waals surface area (Å²) >= 11 is 0. The van der Waals surface area contributed by atoms with Crippen molar-refractivity contribution in [3.8, 4) is 11.3 Å². The van der Waals surface area contributed by atoms with E-state index in [1.54, 1.807) is 12.4 Å². The molecule has 2 aliphatic rings. The zero-order valence-electron chi connectivity index (χ0n) is 15.4. The number of nitrogens with zero attached hydrogens (tertiary/aromatic N) is 3. The third-order valence-corrected chi connectivity index (χ3v) is 5.58. The van der Waals surface area contributed by atoms with Crippen LogP contribution in [0.15, 0.2) is 30.6 Å². The van der Waals surface area contributed by atoms with Gasteiger partial charge in [-0.3, -0.25) is 9.89 Å². The lowest BCUT2D eigenvalue weighted by Gasteiger charge is -2.37. The fourth-order valence-corrected chi connectivity index (χ4v) is 4.02. The van der Waals surface area contributed by atoms with Crippen molar-refractivity contribution in [1.29, 1.82) is 0 Å². The lowest BCUT2D eigenvalue weighted by molar-refractivity contribution is -0.145. The Morgan fingerprint density at radius 2 is 2.19 bits per heavy atom. The Morgan fingerprint density at radius 3 is 2.96 bits per heavy atom. The van der Waals surface area contributed by atoms with Gasteiger partial charge in [0.1, 0.15) is 6.10 Å². The van der Waals surface area contributed by atoms with Gasteiger partial charge in [-0.1, -0.05) is 25.3 Å². The van der Waals surface area contributed by atoms with Gasteiger partial charge in [-0.25, -0.2) is 4.98 Å². The number of morpholine rings is 1. The highest BCUT2D eigenvalue weighted by atomic mass is 16.5. The monoisotopic (exact) mass is 370 g/mol. The number of hydrogen-bond donors (Lipinski definition) is 2. The molecule has 0 radical (unpaired) electrons. The zero-order valence-corrected chi connectivity index (χ0v) is 15.4. The van der Waals surface area contributed by atoms with Crippen molar-refractivity contribution in [2.45, 2.75) is 50.2 Å². The van der Waals surface area contributed by atoms with Crippen LogP contribution in [0.25, 0.3) is 11.3 Å². The second kappa shape index (κ2) is 7.78. The van der Waals surface area contributed by atoms with E-state index in [9.17, 15) is 9.90 Å². The molecule has 2 aromatic rings. The molecule has 0 spiro atoms. The number of pyridine rings is 1. The molecule has 27 heavy (non-hydrogen) atoms. The number of nitrogens with one attached hydrogen (secondary N) is 1. The van der Waals surface area contributed by atoms with Crippen LogP contribution in [0.2, 0.25) is 0 Å². The maximum absolute atomic E-state index is 12.8. The van der Waals surface area contributed by atoms with E-state index in [4.69, 9.17) is 4.74 Å². The second-order valence-corrected chi connectivity index (χ2v) is 7.60. The molecule has 1 amide bonds. The van der Waals surface area contributed by atoms with Crippen LogP contribution in [0.5, 0.6) is 0 Å². The lowest BCUT2D eigenvalue weighted by atomic mass is 9.82. The molecule has 7 heteroatoms. The average molecular weight is 370 g/mol. The summed E-state index contributed by atoms with van der Waals surface area (Å²) in [7, 11) is 0. The van der Waals surface area contributed by atoms with Crippen molar-refractivity contribution < 1.29 is 14.6 Å². The second-order valence-electron chi connectivity index (χ2n) is 7.60. The molecule has 7 nitrogen and oxygen atoms in total. The lowest BCUT2D eigenvalue weighted by Crippen LogP contribution is -2.46. The van der Waals surface area contributed by atoms with E-state index in [0.717, 1.165) is 49.1 Å². The van der Waals surface area contributed by atoms with Crippen molar-refractivity contribution >= 4 is 5.91 Å². The summed E-state index contributed by atoms with van der Waals surface area (Å²) in [6, 6.07) is 5.80. The zero-order chi connectivity index (χ0) is 18.7. The number of aliphatic hydroxyl groups is 1. The van der Waals surface area contributed by atoms with Crippen molar-refractivity contribution in [3.05, 3.63) is 36.3 Å². The third-order valence-electron chi connectivity index (χ3n) is 5.58.